The van der Waals surface area contributed by atoms with Crippen LogP contribution in [0, 0.1) is 0 Å². The van der Waals surface area contributed by atoms with Crippen LogP contribution in [0.4, 0.5) is 0 Å². The van der Waals surface area contributed by atoms with Crippen LogP contribution in [-0.2, 0) is 6.54 Å². The number of hydrogen-bond acceptors (Lipinski definition) is 4. The average molecular weight is 329 g/mol. The Balaban J connectivity index is 1.53. The molecule has 0 spiro atoms. The van der Waals surface area contributed by atoms with Gasteiger partial charge in [-0.1, -0.05) is 18.2 Å². The van der Waals surface area contributed by atoms with Crippen LogP contribution in [-0.4, -0.2) is 47.8 Å². The third kappa shape index (κ3) is 3.78. The van der Waals surface area contributed by atoms with Crippen LogP contribution in [0.2, 0.25) is 0 Å². The molecule has 0 radical (unpaired) electrons. The molecular weight excluding hydrogens is 310 g/mol. The molecule has 2 aromatic rings. The van der Waals surface area contributed by atoms with Gasteiger partial charge in [0.2, 0.25) is 5.91 Å². The summed E-state index contributed by atoms with van der Waals surface area (Å²) in [4.78, 5) is 28.4. The molecule has 2 amide bonds. The molecule has 6 heteroatoms. The SMILES string of the molecule is NC(=O)c1ccc(CN2CCN(C(=O)c3cccs3)CC2)cc1. The predicted molar refractivity (Wildman–Crippen MR) is 90.5 cm³/mol. The maximum Gasteiger partial charge on any atom is 0.264 e. The standard InChI is InChI=1S/C17H19N3O2S/c18-16(21)14-5-3-13(4-6-14)12-19-7-9-20(10-8-19)17(22)15-2-1-11-23-15/h1-6,11H,7-10,12H2,(H2,18,21). The molecule has 5 nitrogen and oxygen atoms in total. The number of thiophene rings is 1. The number of nitrogens with two attached hydrogens (primary N) is 1. The summed E-state index contributed by atoms with van der Waals surface area (Å²) in [5, 5.41) is 1.93. The van der Waals surface area contributed by atoms with Gasteiger partial charge in [-0.3, -0.25) is 14.5 Å². The Bertz CT molecular complexity index is 674. The lowest BCUT2D eigenvalue weighted by Gasteiger charge is -2.34. The van der Waals surface area contributed by atoms with Gasteiger partial charge in [-0.25, -0.2) is 0 Å². The van der Waals surface area contributed by atoms with Crippen molar-refractivity contribution in [3.05, 3.63) is 57.8 Å². The van der Waals surface area contributed by atoms with E-state index in [-0.39, 0.29) is 5.91 Å². The minimum atomic E-state index is -0.405. The third-order valence-corrected chi connectivity index (χ3v) is 4.89. The first-order valence-electron chi connectivity index (χ1n) is 7.57. The first-order valence-corrected chi connectivity index (χ1v) is 8.45. The van der Waals surface area contributed by atoms with Crippen molar-refractivity contribution in [2.75, 3.05) is 26.2 Å². The molecule has 3 rings (SSSR count). The summed E-state index contributed by atoms with van der Waals surface area (Å²) in [6.45, 7) is 4.02. The van der Waals surface area contributed by atoms with Gasteiger partial charge >= 0.3 is 0 Å². The van der Waals surface area contributed by atoms with Gasteiger partial charge in [-0.15, -0.1) is 11.3 Å². The lowest BCUT2D eigenvalue weighted by molar-refractivity contribution is 0.0633. The molecule has 0 unspecified atom stereocenters. The monoisotopic (exact) mass is 329 g/mol. The number of carbonyl (C=O) groups is 2. The van der Waals surface area contributed by atoms with Crippen molar-refractivity contribution >= 4 is 23.2 Å². The van der Waals surface area contributed by atoms with Gasteiger partial charge in [0.1, 0.15) is 0 Å². The highest BCUT2D eigenvalue weighted by atomic mass is 32.1. The summed E-state index contributed by atoms with van der Waals surface area (Å²) in [7, 11) is 0. The van der Waals surface area contributed by atoms with Gasteiger partial charge in [0.15, 0.2) is 0 Å². The second-order valence-electron chi connectivity index (χ2n) is 5.61. The molecule has 1 fully saturated rings. The van der Waals surface area contributed by atoms with Gasteiger partial charge in [0, 0.05) is 38.3 Å². The van der Waals surface area contributed by atoms with Crippen LogP contribution in [0.15, 0.2) is 41.8 Å². The van der Waals surface area contributed by atoms with Crippen LogP contribution in [0.3, 0.4) is 0 Å². The van der Waals surface area contributed by atoms with E-state index in [0.29, 0.717) is 5.56 Å². The normalized spacial score (nSPS) is 15.6. The second-order valence-corrected chi connectivity index (χ2v) is 6.55. The molecule has 1 aromatic heterocycles. The zero-order valence-electron chi connectivity index (χ0n) is 12.8. The molecule has 2 heterocycles. The molecule has 1 aromatic carbocycles. The molecule has 0 bridgehead atoms. The second kappa shape index (κ2) is 6.93. The highest BCUT2D eigenvalue weighted by Gasteiger charge is 2.22. The summed E-state index contributed by atoms with van der Waals surface area (Å²) in [5.74, 6) is -0.275. The van der Waals surface area contributed by atoms with Crippen molar-refractivity contribution in [2.24, 2.45) is 5.73 Å². The number of amides is 2. The van der Waals surface area contributed by atoms with E-state index in [0.717, 1.165) is 43.2 Å². The number of nitrogens with zero attached hydrogens (tertiary/aromatic N) is 2. The van der Waals surface area contributed by atoms with E-state index in [1.165, 1.54) is 11.3 Å². The largest absolute Gasteiger partial charge is 0.366 e. The lowest BCUT2D eigenvalue weighted by Crippen LogP contribution is -2.48. The van der Waals surface area contributed by atoms with Crippen molar-refractivity contribution in [3.63, 3.8) is 0 Å². The smallest absolute Gasteiger partial charge is 0.264 e. The van der Waals surface area contributed by atoms with Gasteiger partial charge in [0.05, 0.1) is 4.88 Å². The Morgan fingerprint density at radius 2 is 1.74 bits per heavy atom. The third-order valence-electron chi connectivity index (χ3n) is 4.04. The first kappa shape index (κ1) is 15.7. The Hall–Kier alpha value is -2.18. The lowest BCUT2D eigenvalue weighted by atomic mass is 10.1. The van der Waals surface area contributed by atoms with Crippen LogP contribution < -0.4 is 5.73 Å². The van der Waals surface area contributed by atoms with Crippen LogP contribution >= 0.6 is 11.3 Å². The Kier molecular flexibility index (Phi) is 4.73. The number of hydrogen-bond donors (Lipinski definition) is 1. The summed E-state index contributed by atoms with van der Waals surface area (Å²) < 4.78 is 0. The van der Waals surface area contributed by atoms with E-state index < -0.39 is 5.91 Å². The molecule has 2 N–H and O–H groups in total. The van der Waals surface area contributed by atoms with Crippen molar-refractivity contribution in [1.29, 1.82) is 0 Å². The zero-order valence-corrected chi connectivity index (χ0v) is 13.6. The van der Waals surface area contributed by atoms with Crippen molar-refractivity contribution in [1.82, 2.24) is 9.80 Å². The van der Waals surface area contributed by atoms with E-state index in [1.54, 1.807) is 12.1 Å². The summed E-state index contributed by atoms with van der Waals surface area (Å²) in [5.41, 5.74) is 6.92. The number of piperazine rings is 1. The number of carbonyl (C=O) groups excluding carboxylic acids is 2. The Morgan fingerprint density at radius 3 is 2.30 bits per heavy atom. The minimum Gasteiger partial charge on any atom is -0.366 e. The summed E-state index contributed by atoms with van der Waals surface area (Å²) >= 11 is 1.49. The summed E-state index contributed by atoms with van der Waals surface area (Å²) in [6.07, 6.45) is 0. The predicted octanol–water partition coefficient (Wildman–Crippen LogP) is 1.80. The van der Waals surface area contributed by atoms with Crippen molar-refractivity contribution in [3.8, 4) is 0 Å². The highest BCUT2D eigenvalue weighted by Crippen LogP contribution is 2.15. The molecular formula is C17H19N3O2S. The first-order chi connectivity index (χ1) is 11.1. The van der Waals surface area contributed by atoms with Crippen molar-refractivity contribution < 1.29 is 9.59 Å². The maximum atomic E-state index is 12.3. The molecule has 0 atom stereocenters. The number of rotatable bonds is 4. The molecule has 1 aliphatic rings. The van der Waals surface area contributed by atoms with E-state index in [9.17, 15) is 9.59 Å². The van der Waals surface area contributed by atoms with E-state index in [1.807, 2.05) is 34.5 Å². The molecule has 0 saturated carbocycles. The maximum absolute atomic E-state index is 12.3. The fourth-order valence-electron chi connectivity index (χ4n) is 2.70. The topological polar surface area (TPSA) is 66.6 Å². The average Bonchev–Trinajstić information content (AvgIpc) is 3.10. The molecule has 120 valence electrons. The van der Waals surface area contributed by atoms with Gasteiger partial charge < -0.3 is 10.6 Å². The highest BCUT2D eigenvalue weighted by molar-refractivity contribution is 7.12. The Morgan fingerprint density at radius 1 is 1.04 bits per heavy atom. The Labute approximate surface area is 139 Å². The van der Waals surface area contributed by atoms with Crippen molar-refractivity contribution in [2.45, 2.75) is 6.54 Å². The van der Waals surface area contributed by atoms with E-state index in [4.69, 9.17) is 5.73 Å². The fraction of sp³-hybridized carbons (Fsp3) is 0.294. The number of primary amides is 1. The van der Waals surface area contributed by atoms with Gasteiger partial charge in [0.25, 0.3) is 5.91 Å². The van der Waals surface area contributed by atoms with E-state index in [2.05, 4.69) is 4.90 Å². The summed E-state index contributed by atoms with van der Waals surface area (Å²) in [6, 6.07) is 11.2. The van der Waals surface area contributed by atoms with Crippen LogP contribution in [0.5, 0.6) is 0 Å². The van der Waals surface area contributed by atoms with E-state index >= 15 is 0 Å². The minimum absolute atomic E-state index is 0.130. The molecule has 1 aliphatic heterocycles. The molecule has 23 heavy (non-hydrogen) atoms. The molecule has 0 aliphatic carbocycles. The van der Waals surface area contributed by atoms with Gasteiger partial charge in [-0.05, 0) is 29.1 Å². The zero-order chi connectivity index (χ0) is 16.2. The van der Waals surface area contributed by atoms with Crippen LogP contribution in [0.1, 0.15) is 25.6 Å². The fourth-order valence-corrected chi connectivity index (χ4v) is 3.39. The quantitative estimate of drug-likeness (QED) is 0.930. The number of benzene rings is 1. The molecule has 1 saturated heterocycles. The van der Waals surface area contributed by atoms with Crippen LogP contribution in [0.25, 0.3) is 0 Å². The van der Waals surface area contributed by atoms with Gasteiger partial charge in [-0.2, -0.15) is 0 Å².